The van der Waals surface area contributed by atoms with Crippen LogP contribution in [0.25, 0.3) is 0 Å². The summed E-state index contributed by atoms with van der Waals surface area (Å²) < 4.78 is 45.6. The molecule has 8 nitrogen and oxygen atoms in total. The highest BCUT2D eigenvalue weighted by molar-refractivity contribution is 7.90. The van der Waals surface area contributed by atoms with Crippen LogP contribution in [0, 0.1) is 5.82 Å². The van der Waals surface area contributed by atoms with Gasteiger partial charge in [-0.25, -0.2) is 17.6 Å². The van der Waals surface area contributed by atoms with Crippen LogP contribution in [0.5, 0.6) is 0 Å². The van der Waals surface area contributed by atoms with Crippen LogP contribution in [-0.4, -0.2) is 43.3 Å². The van der Waals surface area contributed by atoms with Crippen LogP contribution in [0.1, 0.15) is 11.7 Å². The minimum atomic E-state index is -3.52. The highest BCUT2D eigenvalue weighted by Gasteiger charge is 2.29. The minimum Gasteiger partial charge on any atom is -0.444 e. The third-order valence-electron chi connectivity index (χ3n) is 4.74. The fourth-order valence-electron chi connectivity index (χ4n) is 3.14. The number of nitrogens with one attached hydrogen (secondary N) is 1. The van der Waals surface area contributed by atoms with Gasteiger partial charge in [-0.05, 0) is 36.4 Å². The summed E-state index contributed by atoms with van der Waals surface area (Å²) in [6, 6.07) is 13.7. The molecule has 0 saturated carbocycles. The molecule has 0 radical (unpaired) electrons. The maximum Gasteiger partial charge on any atom is 0.340 e. The second-order valence-corrected chi connectivity index (χ2v) is 8.79. The molecule has 164 valence electrons. The van der Waals surface area contributed by atoms with Gasteiger partial charge in [0.2, 0.25) is 6.10 Å². The molecule has 0 bridgehead atoms. The van der Waals surface area contributed by atoms with Crippen molar-refractivity contribution in [3.05, 3.63) is 89.9 Å². The number of hydrogen-bond donors (Lipinski definition) is 1. The van der Waals surface area contributed by atoms with E-state index in [0.717, 1.165) is 0 Å². The van der Waals surface area contributed by atoms with Crippen molar-refractivity contribution in [2.24, 2.45) is 4.40 Å². The molecule has 2 aliphatic rings. The quantitative estimate of drug-likeness (QED) is 0.695. The van der Waals surface area contributed by atoms with E-state index in [1.807, 2.05) is 0 Å². The van der Waals surface area contributed by atoms with E-state index >= 15 is 0 Å². The van der Waals surface area contributed by atoms with E-state index < -0.39 is 33.8 Å². The molecule has 10 heteroatoms. The first-order valence-corrected chi connectivity index (χ1v) is 11.2. The summed E-state index contributed by atoms with van der Waals surface area (Å²) in [6.07, 6.45) is 2.97. The number of amides is 1. The van der Waals surface area contributed by atoms with Gasteiger partial charge in [0.1, 0.15) is 11.7 Å². The lowest BCUT2D eigenvalue weighted by Crippen LogP contribution is -2.37. The lowest BCUT2D eigenvalue weighted by Gasteiger charge is -2.27. The summed E-state index contributed by atoms with van der Waals surface area (Å²) in [7, 11) is -3.52. The van der Waals surface area contributed by atoms with Gasteiger partial charge in [0.25, 0.3) is 15.9 Å². The molecule has 0 spiro atoms. The van der Waals surface area contributed by atoms with Crippen molar-refractivity contribution in [2.45, 2.75) is 6.10 Å². The van der Waals surface area contributed by atoms with Crippen molar-refractivity contribution in [3.63, 3.8) is 0 Å². The number of hydrogen-bond acceptors (Lipinski definition) is 6. The van der Waals surface area contributed by atoms with Gasteiger partial charge in [0.05, 0.1) is 11.3 Å². The number of anilines is 1. The van der Waals surface area contributed by atoms with E-state index in [1.165, 1.54) is 47.5 Å². The average Bonchev–Trinajstić information content (AvgIpc) is 2.78. The predicted molar refractivity (Wildman–Crippen MR) is 115 cm³/mol. The lowest BCUT2D eigenvalue weighted by molar-refractivity contribution is -0.150. The minimum absolute atomic E-state index is 0.138. The van der Waals surface area contributed by atoms with Gasteiger partial charge in [-0.2, -0.15) is 0 Å². The first-order valence-electron chi connectivity index (χ1n) is 9.62. The van der Waals surface area contributed by atoms with Crippen LogP contribution in [0.15, 0.2) is 82.9 Å². The van der Waals surface area contributed by atoms with Gasteiger partial charge in [-0.3, -0.25) is 4.79 Å². The Labute approximate surface area is 183 Å². The van der Waals surface area contributed by atoms with Gasteiger partial charge in [0, 0.05) is 24.0 Å². The highest BCUT2D eigenvalue weighted by Crippen LogP contribution is 2.24. The molecule has 1 atom stereocenters. The molecule has 1 N–H and O–H groups in total. The Morgan fingerprint density at radius 2 is 1.78 bits per heavy atom. The number of carbonyl (C=O) groups excluding carboxylic acids is 2. The van der Waals surface area contributed by atoms with Gasteiger partial charge < -0.3 is 15.0 Å². The molecule has 1 unspecified atom stereocenters. The van der Waals surface area contributed by atoms with Gasteiger partial charge in [-0.1, -0.05) is 30.3 Å². The molecule has 32 heavy (non-hydrogen) atoms. The molecule has 2 aliphatic heterocycles. The average molecular weight is 455 g/mol. The van der Waals surface area contributed by atoms with Crippen LogP contribution in [-0.2, 0) is 24.3 Å². The summed E-state index contributed by atoms with van der Waals surface area (Å²) in [4.78, 5) is 27.3. The van der Waals surface area contributed by atoms with Crippen LogP contribution in [0.4, 0.5) is 10.1 Å². The first kappa shape index (κ1) is 21.4. The normalized spacial score (nSPS) is 17.5. The third kappa shape index (κ3) is 4.92. The number of ether oxygens (including phenoxy) is 1. The monoisotopic (exact) mass is 455 g/mol. The fourth-order valence-corrected chi connectivity index (χ4v) is 4.11. The SMILES string of the molecule is O=C(OC(C(=O)Nc1ccc(F)cc1)c1ccccc1)C1=CN2CCS(=O)(=O)N=C2C=C1. The Morgan fingerprint density at radius 3 is 2.50 bits per heavy atom. The lowest BCUT2D eigenvalue weighted by atomic mass is 10.1. The van der Waals surface area contributed by atoms with Gasteiger partial charge in [-0.15, -0.1) is 4.40 Å². The zero-order valence-corrected chi connectivity index (χ0v) is 17.5. The van der Waals surface area contributed by atoms with Gasteiger partial charge >= 0.3 is 5.97 Å². The molecule has 2 aromatic carbocycles. The molecular weight excluding hydrogens is 437 g/mol. The van der Waals surface area contributed by atoms with E-state index in [1.54, 1.807) is 30.3 Å². The van der Waals surface area contributed by atoms with Crippen molar-refractivity contribution in [2.75, 3.05) is 17.6 Å². The van der Waals surface area contributed by atoms with E-state index in [4.69, 9.17) is 4.74 Å². The van der Waals surface area contributed by atoms with Gasteiger partial charge in [0.15, 0.2) is 0 Å². The first-order chi connectivity index (χ1) is 15.3. The molecule has 0 aliphatic carbocycles. The smallest absolute Gasteiger partial charge is 0.340 e. The zero-order valence-electron chi connectivity index (χ0n) is 16.6. The number of sulfonamides is 1. The number of fused-ring (bicyclic) bond motifs is 1. The van der Waals surface area contributed by atoms with Crippen LogP contribution in [0.2, 0.25) is 0 Å². The van der Waals surface area contributed by atoms with Crippen molar-refractivity contribution in [1.29, 1.82) is 0 Å². The molecule has 2 aromatic rings. The molecule has 0 saturated heterocycles. The van der Waals surface area contributed by atoms with Crippen LogP contribution < -0.4 is 5.32 Å². The number of rotatable bonds is 5. The maximum absolute atomic E-state index is 13.1. The summed E-state index contributed by atoms with van der Waals surface area (Å²) in [5, 5.41) is 2.61. The highest BCUT2D eigenvalue weighted by atomic mass is 32.2. The number of carbonyl (C=O) groups is 2. The van der Waals surface area contributed by atoms with Crippen molar-refractivity contribution in [1.82, 2.24) is 4.90 Å². The van der Waals surface area contributed by atoms with Crippen molar-refractivity contribution >= 4 is 33.4 Å². The summed E-state index contributed by atoms with van der Waals surface area (Å²) in [5.74, 6) is -1.78. The Kier molecular flexibility index (Phi) is 5.87. The number of esters is 1. The second-order valence-electron chi connectivity index (χ2n) is 7.04. The number of halogens is 1. The Bertz CT molecular complexity index is 1240. The van der Waals surface area contributed by atoms with Crippen molar-refractivity contribution < 1.29 is 27.1 Å². The summed E-state index contributed by atoms with van der Waals surface area (Å²) in [5.41, 5.74) is 0.937. The standard InChI is InChI=1S/C22H18FN3O5S/c23-17-7-9-18(10-8-17)24-21(27)20(15-4-2-1-3-5-15)31-22(28)16-6-11-19-25-32(29,30)13-12-26(19)14-16/h1-11,14,20H,12-13H2,(H,24,27). The zero-order chi connectivity index (χ0) is 22.7. The number of amidine groups is 1. The Morgan fingerprint density at radius 1 is 1.06 bits per heavy atom. The van der Waals surface area contributed by atoms with Crippen LogP contribution in [0.3, 0.4) is 0 Å². The van der Waals surface area contributed by atoms with Crippen LogP contribution >= 0.6 is 0 Å². The molecule has 0 aromatic heterocycles. The number of nitrogens with zero attached hydrogens (tertiary/aromatic N) is 2. The Balaban J connectivity index is 1.54. The van der Waals surface area contributed by atoms with E-state index in [2.05, 4.69) is 9.71 Å². The summed E-state index contributed by atoms with van der Waals surface area (Å²) >= 11 is 0. The van der Waals surface area contributed by atoms with E-state index in [0.29, 0.717) is 11.3 Å². The van der Waals surface area contributed by atoms with E-state index in [9.17, 15) is 22.4 Å². The molecule has 1 amide bonds. The number of benzene rings is 2. The predicted octanol–water partition coefficient (Wildman–Crippen LogP) is 2.55. The largest absolute Gasteiger partial charge is 0.444 e. The maximum atomic E-state index is 13.1. The fraction of sp³-hybridized carbons (Fsp3) is 0.136. The van der Waals surface area contributed by atoms with E-state index in [-0.39, 0.29) is 23.7 Å². The Hall–Kier alpha value is -3.79. The summed E-state index contributed by atoms with van der Waals surface area (Å²) in [6.45, 7) is 0.148. The molecule has 4 rings (SSSR count). The molecular formula is C22H18FN3O5S. The van der Waals surface area contributed by atoms with Crippen molar-refractivity contribution in [3.8, 4) is 0 Å². The second kappa shape index (κ2) is 8.75. The molecule has 0 fully saturated rings. The topological polar surface area (TPSA) is 105 Å². The molecule has 2 heterocycles. The third-order valence-corrected chi connectivity index (χ3v) is 5.90.